The maximum Gasteiger partial charge on any atom is 0.481 e. The number of amides is 2. The van der Waals surface area contributed by atoms with E-state index in [1.54, 1.807) is 18.2 Å². The first kappa shape index (κ1) is 56.8. The molecule has 0 radical (unpaired) electrons. The number of aliphatic hydroxyl groups excluding tert-OH is 2. The van der Waals surface area contributed by atoms with Crippen LogP contribution in [0.2, 0.25) is 0 Å². The number of carbonyl (C=O) groups is 2. The molecule has 1 aliphatic rings. The number of benzene rings is 2. The third-order valence-corrected chi connectivity index (χ3v) is 14.8. The van der Waals surface area contributed by atoms with Gasteiger partial charge in [0.15, 0.2) is 17.7 Å². The first-order valence-electron chi connectivity index (χ1n) is 20.9. The van der Waals surface area contributed by atoms with Crippen molar-refractivity contribution < 1.29 is 93.6 Å². The number of phosphoric acid groups is 3. The molecule has 2 amide bonds. The molecule has 1 fully saturated rings. The molecule has 0 saturated carbocycles. The summed E-state index contributed by atoms with van der Waals surface area (Å²) in [5.74, 6) is -1.53. The van der Waals surface area contributed by atoms with Gasteiger partial charge < -0.3 is 65.3 Å². The van der Waals surface area contributed by atoms with Crippen molar-refractivity contribution in [2.75, 3.05) is 84.0 Å². The Hall–Kier alpha value is -4.13. The summed E-state index contributed by atoms with van der Waals surface area (Å²) >= 11 is 0. The Morgan fingerprint density at radius 3 is 2.26 bits per heavy atom. The van der Waals surface area contributed by atoms with Crippen LogP contribution in [0.3, 0.4) is 0 Å². The molecule has 1 aliphatic heterocycles. The minimum absolute atomic E-state index is 0.0214. The molecule has 2 aromatic carbocycles. The number of nitrogen functional groups attached to an aromatic ring is 1. The molecule has 70 heavy (non-hydrogen) atoms. The molecule has 0 bridgehead atoms. The number of nitrogens with one attached hydrogen (secondary N) is 3. The summed E-state index contributed by atoms with van der Waals surface area (Å²) in [5.41, 5.74) is 5.11. The summed E-state index contributed by atoms with van der Waals surface area (Å²) in [6, 6.07) is 10.5. The standard InChI is InChI=1S/C37H56N9O20P3S/c1-37(2,20-63-69(56,57)66-68(54,55)62-19-26-31(65-67(51,52)53)30(48)36(64-26)46-22-43-29-33(38)41-21-42-34(29)46)32(49)35(50)40-12-11-28(47)39-13-15-60-17-18-61-16-14-44-70(58,59)27-10-6-7-23-24(27)8-5-9-25(23)45(3)4/h5-10,21-22,26,30-32,36,44,48-49H,11-20H2,1-4H3,(H,39,47)(H,40,50)(H,54,55)(H,56,57)(H2,38,41,42)(H2,51,52,53)/t26-,30-,31-,32+,36-/m1/s1. The van der Waals surface area contributed by atoms with Gasteiger partial charge in [0.2, 0.25) is 21.8 Å². The van der Waals surface area contributed by atoms with E-state index in [1.807, 2.05) is 31.1 Å². The van der Waals surface area contributed by atoms with E-state index in [9.17, 15) is 61.5 Å². The fraction of sp³-hybridized carbons (Fsp3) is 0.541. The zero-order valence-corrected chi connectivity index (χ0v) is 41.5. The van der Waals surface area contributed by atoms with Crippen molar-refractivity contribution in [2.45, 2.75) is 55.8 Å². The minimum atomic E-state index is -5.60. The van der Waals surface area contributed by atoms with Gasteiger partial charge in [-0.15, -0.1) is 0 Å². The van der Waals surface area contributed by atoms with Gasteiger partial charge in [-0.2, -0.15) is 4.31 Å². The predicted molar refractivity (Wildman–Crippen MR) is 245 cm³/mol. The van der Waals surface area contributed by atoms with Crippen LogP contribution >= 0.6 is 23.5 Å². The molecular formula is C37H56N9O20P3S. The van der Waals surface area contributed by atoms with E-state index in [0.717, 1.165) is 28.3 Å². The Morgan fingerprint density at radius 2 is 1.57 bits per heavy atom. The van der Waals surface area contributed by atoms with Gasteiger partial charge in [0.05, 0.1) is 50.9 Å². The van der Waals surface area contributed by atoms with Crippen LogP contribution in [0.15, 0.2) is 53.9 Å². The smallest absolute Gasteiger partial charge is 0.386 e. The van der Waals surface area contributed by atoms with Crippen LogP contribution in [-0.4, -0.2) is 167 Å². The van der Waals surface area contributed by atoms with Gasteiger partial charge in [0.25, 0.3) is 0 Å². The number of anilines is 2. The zero-order valence-electron chi connectivity index (χ0n) is 38.0. The highest BCUT2D eigenvalue weighted by molar-refractivity contribution is 7.89. The highest BCUT2D eigenvalue weighted by atomic mass is 32.2. The van der Waals surface area contributed by atoms with Crippen molar-refractivity contribution in [1.29, 1.82) is 0 Å². The molecule has 2 aromatic heterocycles. The number of carbonyl (C=O) groups excluding carboxylic acids is 2. The van der Waals surface area contributed by atoms with E-state index in [4.69, 9.17) is 29.0 Å². The van der Waals surface area contributed by atoms with Crippen molar-refractivity contribution in [3.8, 4) is 0 Å². The zero-order chi connectivity index (χ0) is 51.7. The average molecular weight is 1070 g/mol. The van der Waals surface area contributed by atoms with Crippen LogP contribution in [0.5, 0.6) is 0 Å². The summed E-state index contributed by atoms with van der Waals surface area (Å²) in [6.45, 7) is 0.816. The molecule has 1 saturated heterocycles. The summed E-state index contributed by atoms with van der Waals surface area (Å²) < 4.78 is 102. The van der Waals surface area contributed by atoms with Gasteiger partial charge in [-0.3, -0.25) is 27.7 Å². The first-order valence-corrected chi connectivity index (χ1v) is 27.0. The highest BCUT2D eigenvalue weighted by Crippen LogP contribution is 2.61. The van der Waals surface area contributed by atoms with E-state index >= 15 is 0 Å². The number of sulfonamides is 1. The number of aliphatic hydroxyl groups is 2. The van der Waals surface area contributed by atoms with Gasteiger partial charge in [0, 0.05) is 62.0 Å². The van der Waals surface area contributed by atoms with Crippen LogP contribution in [0.4, 0.5) is 11.5 Å². The molecule has 33 heteroatoms. The molecular weight excluding hydrogens is 1020 g/mol. The number of hydrogen-bond donors (Lipinski definition) is 10. The summed E-state index contributed by atoms with van der Waals surface area (Å²) in [7, 11) is -16.5. The molecule has 390 valence electrons. The van der Waals surface area contributed by atoms with Gasteiger partial charge in [-0.25, -0.2) is 41.8 Å². The Labute approximate surface area is 400 Å². The fourth-order valence-electron chi connectivity index (χ4n) is 6.74. The number of aromatic nitrogens is 4. The van der Waals surface area contributed by atoms with E-state index in [0.29, 0.717) is 5.39 Å². The van der Waals surface area contributed by atoms with E-state index in [2.05, 4.69) is 39.1 Å². The van der Waals surface area contributed by atoms with Crippen molar-refractivity contribution in [1.82, 2.24) is 34.9 Å². The lowest BCUT2D eigenvalue weighted by molar-refractivity contribution is -0.137. The molecule has 3 heterocycles. The minimum Gasteiger partial charge on any atom is -0.386 e. The number of nitrogens with zero attached hydrogens (tertiary/aromatic N) is 5. The number of rotatable bonds is 28. The molecule has 0 aliphatic carbocycles. The molecule has 7 atom stereocenters. The van der Waals surface area contributed by atoms with E-state index < -0.39 is 94.6 Å². The second kappa shape index (κ2) is 24.1. The number of nitrogens with two attached hydrogens (primary N) is 1. The lowest BCUT2D eigenvalue weighted by atomic mass is 9.87. The molecule has 0 spiro atoms. The molecule has 4 aromatic rings. The summed E-state index contributed by atoms with van der Waals surface area (Å²) in [4.78, 5) is 78.2. The quantitative estimate of drug-likeness (QED) is 0.0256. The normalized spacial score (nSPS) is 20.0. The number of ether oxygens (including phenoxy) is 3. The monoisotopic (exact) mass is 1070 g/mol. The van der Waals surface area contributed by atoms with Crippen LogP contribution in [-0.2, 0) is 65.4 Å². The van der Waals surface area contributed by atoms with Crippen LogP contribution in [0, 0.1) is 5.41 Å². The van der Waals surface area contributed by atoms with Gasteiger partial charge in [0.1, 0.15) is 36.3 Å². The van der Waals surface area contributed by atoms with Gasteiger partial charge in [-0.1, -0.05) is 38.1 Å². The number of imidazole rings is 1. The van der Waals surface area contributed by atoms with Gasteiger partial charge in [-0.05, 0) is 12.1 Å². The van der Waals surface area contributed by atoms with Crippen LogP contribution in [0.1, 0.15) is 26.5 Å². The first-order chi connectivity index (χ1) is 32.7. The van der Waals surface area contributed by atoms with Crippen molar-refractivity contribution in [2.24, 2.45) is 5.41 Å². The Balaban J connectivity index is 0.955. The second-order valence-electron chi connectivity index (χ2n) is 16.2. The number of fused-ring (bicyclic) bond motifs is 2. The van der Waals surface area contributed by atoms with Gasteiger partial charge >= 0.3 is 23.5 Å². The fourth-order valence-corrected chi connectivity index (χ4v) is 10.8. The van der Waals surface area contributed by atoms with E-state index in [1.165, 1.54) is 19.9 Å². The Bertz CT molecular complexity index is 2710. The van der Waals surface area contributed by atoms with Crippen molar-refractivity contribution >= 4 is 78.7 Å². The summed E-state index contributed by atoms with van der Waals surface area (Å²) in [5, 5.41) is 27.9. The maximum absolute atomic E-state index is 13.0. The summed E-state index contributed by atoms with van der Waals surface area (Å²) in [6.07, 6.45) is -7.06. The lowest BCUT2D eigenvalue weighted by Crippen LogP contribution is -2.46. The third-order valence-electron chi connectivity index (χ3n) is 10.2. The average Bonchev–Trinajstić information content (AvgIpc) is 3.84. The SMILES string of the molecule is CN(C)c1cccc2c(S(=O)(=O)NCCOCCOCCNC(=O)CCNC(=O)[C@H](O)C(C)(C)COP(=O)(O)OP(=O)(O)OC[C@H]3O[C@@H](n4cnc5c(N)ncnc54)[C@H](O)[C@@H]3OP(=O)(O)O)cccc12. The largest absolute Gasteiger partial charge is 0.481 e. The molecule has 5 rings (SSSR count). The maximum atomic E-state index is 13.0. The lowest BCUT2D eigenvalue weighted by Gasteiger charge is -2.30. The predicted octanol–water partition coefficient (Wildman–Crippen LogP) is -0.364. The van der Waals surface area contributed by atoms with Crippen molar-refractivity contribution in [3.63, 3.8) is 0 Å². The van der Waals surface area contributed by atoms with Crippen molar-refractivity contribution in [3.05, 3.63) is 49.1 Å². The Morgan fingerprint density at radius 1 is 0.914 bits per heavy atom. The number of phosphoric ester groups is 3. The van der Waals surface area contributed by atoms with E-state index in [-0.39, 0.29) is 74.4 Å². The third kappa shape index (κ3) is 15.7. The topological polar surface area (TPSA) is 414 Å². The van der Waals surface area contributed by atoms with Crippen LogP contribution < -0.4 is 26.0 Å². The number of hydrogen-bond acceptors (Lipinski definition) is 21. The molecule has 29 nitrogen and oxygen atoms in total. The second-order valence-corrected chi connectivity index (χ2v) is 22.2. The van der Waals surface area contributed by atoms with Crippen LogP contribution in [0.25, 0.3) is 21.9 Å². The molecule has 2 unspecified atom stereocenters. The highest BCUT2D eigenvalue weighted by Gasteiger charge is 2.50. The molecule has 11 N–H and O–H groups in total. The Kier molecular flexibility index (Phi) is 19.5.